The Balaban J connectivity index is 2.28. The van der Waals surface area contributed by atoms with Crippen LogP contribution in [0.5, 0.6) is 0 Å². The maximum Gasteiger partial charge on any atom is 0.126 e. The topological polar surface area (TPSA) is 38.0 Å². The quantitative estimate of drug-likeness (QED) is 0.882. The van der Waals surface area contributed by atoms with Crippen LogP contribution in [0.15, 0.2) is 22.7 Å². The first kappa shape index (κ1) is 16.2. The molecule has 2 rings (SSSR count). The Bertz CT molecular complexity index is 639. The summed E-state index contributed by atoms with van der Waals surface area (Å²) in [5.74, 6) is -0.251. The Kier molecular flexibility index (Phi) is 5.17. The molecule has 0 saturated heterocycles. The molecule has 114 valence electrons. The van der Waals surface area contributed by atoms with Gasteiger partial charge in [-0.2, -0.15) is 5.10 Å². The average Bonchev–Trinajstić information content (AvgIpc) is 2.78. The number of aliphatic hydroxyl groups is 1. The molecule has 0 saturated carbocycles. The van der Waals surface area contributed by atoms with E-state index in [0.717, 1.165) is 34.4 Å². The highest BCUT2D eigenvalue weighted by Gasteiger charge is 2.18. The summed E-state index contributed by atoms with van der Waals surface area (Å²) in [5.41, 5.74) is 3.24. The van der Waals surface area contributed by atoms with Crippen LogP contribution in [0.2, 0.25) is 0 Å². The number of rotatable bonds is 5. The van der Waals surface area contributed by atoms with E-state index in [1.807, 2.05) is 11.6 Å². The van der Waals surface area contributed by atoms with Gasteiger partial charge < -0.3 is 5.11 Å². The van der Waals surface area contributed by atoms with Crippen LogP contribution in [0.4, 0.5) is 4.39 Å². The summed E-state index contributed by atoms with van der Waals surface area (Å²) in [4.78, 5) is 0. The molecule has 0 aliphatic carbocycles. The van der Waals surface area contributed by atoms with E-state index >= 15 is 0 Å². The molecular formula is C16H20BrFN2O. The van der Waals surface area contributed by atoms with E-state index in [0.29, 0.717) is 12.0 Å². The van der Waals surface area contributed by atoms with Crippen molar-refractivity contribution in [2.45, 2.75) is 46.3 Å². The lowest BCUT2D eigenvalue weighted by Crippen LogP contribution is -2.09. The lowest BCUT2D eigenvalue weighted by atomic mass is 10.0. The van der Waals surface area contributed by atoms with Crippen molar-refractivity contribution in [3.8, 4) is 0 Å². The molecule has 1 atom stereocenters. The third-order valence-corrected chi connectivity index (χ3v) is 4.56. The number of hydrogen-bond donors (Lipinski definition) is 1. The number of halogens is 2. The van der Waals surface area contributed by atoms with Crippen molar-refractivity contribution in [1.82, 2.24) is 9.78 Å². The van der Waals surface area contributed by atoms with Crippen molar-refractivity contribution in [2.75, 3.05) is 0 Å². The molecule has 1 heterocycles. The van der Waals surface area contributed by atoms with Crippen LogP contribution in [0.25, 0.3) is 0 Å². The lowest BCUT2D eigenvalue weighted by molar-refractivity contribution is 0.175. The minimum Gasteiger partial charge on any atom is -0.388 e. The van der Waals surface area contributed by atoms with Crippen LogP contribution in [-0.2, 0) is 19.4 Å². The van der Waals surface area contributed by atoms with Gasteiger partial charge in [0.25, 0.3) is 0 Å². The van der Waals surface area contributed by atoms with Crippen LogP contribution in [0, 0.1) is 12.7 Å². The van der Waals surface area contributed by atoms with E-state index < -0.39 is 6.10 Å². The van der Waals surface area contributed by atoms with E-state index in [2.05, 4.69) is 28.0 Å². The molecule has 5 heteroatoms. The molecule has 1 N–H and O–H groups in total. The molecule has 0 radical (unpaired) electrons. The summed E-state index contributed by atoms with van der Waals surface area (Å²) in [7, 11) is 0. The number of aromatic nitrogens is 2. The Morgan fingerprint density at radius 1 is 1.38 bits per heavy atom. The Morgan fingerprint density at radius 3 is 2.67 bits per heavy atom. The first-order valence-electron chi connectivity index (χ1n) is 7.16. The fourth-order valence-electron chi connectivity index (χ4n) is 2.39. The van der Waals surface area contributed by atoms with Gasteiger partial charge in [0.2, 0.25) is 0 Å². The smallest absolute Gasteiger partial charge is 0.126 e. The van der Waals surface area contributed by atoms with E-state index in [4.69, 9.17) is 0 Å². The monoisotopic (exact) mass is 354 g/mol. The van der Waals surface area contributed by atoms with Crippen LogP contribution >= 0.6 is 15.9 Å². The zero-order chi connectivity index (χ0) is 15.6. The minimum absolute atomic E-state index is 0.251. The highest BCUT2D eigenvalue weighted by atomic mass is 79.9. The molecule has 0 fully saturated rings. The first-order valence-corrected chi connectivity index (χ1v) is 7.95. The van der Waals surface area contributed by atoms with Crippen LogP contribution in [-0.4, -0.2) is 14.9 Å². The molecule has 1 unspecified atom stereocenters. The van der Waals surface area contributed by atoms with Gasteiger partial charge in [-0.3, -0.25) is 4.68 Å². The fourth-order valence-corrected chi connectivity index (χ4v) is 3.11. The second-order valence-electron chi connectivity index (χ2n) is 5.11. The maximum atomic E-state index is 13.3. The molecular weight excluding hydrogens is 335 g/mol. The lowest BCUT2D eigenvalue weighted by Gasteiger charge is -2.13. The average molecular weight is 355 g/mol. The van der Waals surface area contributed by atoms with Crippen LogP contribution in [0.1, 0.15) is 42.5 Å². The fraction of sp³-hybridized carbons (Fsp3) is 0.438. The minimum atomic E-state index is -0.674. The molecule has 3 nitrogen and oxygen atoms in total. The van der Waals surface area contributed by atoms with E-state index in [1.165, 1.54) is 6.07 Å². The number of benzene rings is 1. The number of nitrogens with zero attached hydrogens (tertiary/aromatic N) is 2. The van der Waals surface area contributed by atoms with Crippen molar-refractivity contribution in [2.24, 2.45) is 0 Å². The predicted octanol–water partition coefficient (Wildman–Crippen LogP) is 3.95. The molecule has 0 spiro atoms. The summed E-state index contributed by atoms with van der Waals surface area (Å²) in [6, 6.07) is 4.73. The first-order chi connectivity index (χ1) is 9.97. The second kappa shape index (κ2) is 6.71. The van der Waals surface area contributed by atoms with Crippen molar-refractivity contribution in [3.05, 3.63) is 51.0 Å². The SMILES string of the molecule is CCc1nn(CC)c(CC(O)c2ccc(F)c(C)c2)c1Br. The number of aliphatic hydroxyl groups excluding tert-OH is 1. The molecule has 0 bridgehead atoms. The summed E-state index contributed by atoms with van der Waals surface area (Å²) in [6.45, 7) is 6.53. The zero-order valence-electron chi connectivity index (χ0n) is 12.5. The standard InChI is InChI=1S/C16H20BrFN2O/c1-4-13-16(17)14(20(5-2)19-13)9-15(21)11-6-7-12(18)10(3)8-11/h6-8,15,21H,4-5,9H2,1-3H3. The maximum absolute atomic E-state index is 13.3. The summed E-state index contributed by atoms with van der Waals surface area (Å²) >= 11 is 3.58. The number of hydrogen-bond acceptors (Lipinski definition) is 2. The van der Waals surface area contributed by atoms with Crippen molar-refractivity contribution in [1.29, 1.82) is 0 Å². The van der Waals surface area contributed by atoms with Crippen LogP contribution in [0.3, 0.4) is 0 Å². The zero-order valence-corrected chi connectivity index (χ0v) is 14.1. The van der Waals surface area contributed by atoms with Crippen molar-refractivity contribution in [3.63, 3.8) is 0 Å². The third-order valence-electron chi connectivity index (χ3n) is 3.65. The van der Waals surface area contributed by atoms with Gasteiger partial charge >= 0.3 is 0 Å². The van der Waals surface area contributed by atoms with Gasteiger partial charge in [-0.1, -0.05) is 19.1 Å². The number of aryl methyl sites for hydroxylation is 3. The van der Waals surface area contributed by atoms with E-state index in [1.54, 1.807) is 19.1 Å². The summed E-state index contributed by atoms with van der Waals surface area (Å²) in [6.07, 6.45) is 0.617. The van der Waals surface area contributed by atoms with Gasteiger partial charge in [-0.05, 0) is 53.4 Å². The van der Waals surface area contributed by atoms with E-state index in [9.17, 15) is 9.50 Å². The van der Waals surface area contributed by atoms with Gasteiger partial charge in [0.1, 0.15) is 5.82 Å². The van der Waals surface area contributed by atoms with Gasteiger partial charge in [-0.25, -0.2) is 4.39 Å². The molecule has 1 aromatic heterocycles. The highest BCUT2D eigenvalue weighted by Crippen LogP contribution is 2.28. The van der Waals surface area contributed by atoms with E-state index in [-0.39, 0.29) is 5.82 Å². The normalized spacial score (nSPS) is 12.7. The molecule has 0 aliphatic rings. The second-order valence-corrected chi connectivity index (χ2v) is 5.90. The molecule has 1 aromatic carbocycles. The summed E-state index contributed by atoms with van der Waals surface area (Å²) in [5, 5.41) is 15.0. The van der Waals surface area contributed by atoms with Gasteiger partial charge in [0.15, 0.2) is 0 Å². The summed E-state index contributed by atoms with van der Waals surface area (Å²) < 4.78 is 16.2. The highest BCUT2D eigenvalue weighted by molar-refractivity contribution is 9.10. The Morgan fingerprint density at radius 2 is 2.10 bits per heavy atom. The third kappa shape index (κ3) is 3.35. The van der Waals surface area contributed by atoms with Gasteiger partial charge in [0.05, 0.1) is 22.0 Å². The van der Waals surface area contributed by atoms with Crippen molar-refractivity contribution < 1.29 is 9.50 Å². The Labute approximate surface area is 132 Å². The van der Waals surface area contributed by atoms with Crippen molar-refractivity contribution >= 4 is 15.9 Å². The largest absolute Gasteiger partial charge is 0.388 e. The van der Waals surface area contributed by atoms with Crippen LogP contribution < -0.4 is 0 Å². The van der Waals surface area contributed by atoms with Gasteiger partial charge in [-0.15, -0.1) is 0 Å². The molecule has 0 aliphatic heterocycles. The molecule has 2 aromatic rings. The molecule has 0 amide bonds. The Hall–Kier alpha value is -1.20. The predicted molar refractivity (Wildman–Crippen MR) is 84.8 cm³/mol. The molecule has 21 heavy (non-hydrogen) atoms. The van der Waals surface area contributed by atoms with Gasteiger partial charge in [0, 0.05) is 13.0 Å².